The topological polar surface area (TPSA) is 78.9 Å². The van der Waals surface area contributed by atoms with Crippen LogP contribution in [0.2, 0.25) is 0 Å². The van der Waals surface area contributed by atoms with E-state index in [-0.39, 0.29) is 37.5 Å². The zero-order chi connectivity index (χ0) is 47.2. The summed E-state index contributed by atoms with van der Waals surface area (Å²) in [5.74, 6) is -0.994. The number of esters is 3. The number of carbonyl (C=O) groups excluding carboxylic acids is 3. The van der Waals surface area contributed by atoms with Crippen molar-refractivity contribution in [3.63, 3.8) is 0 Å². The lowest BCUT2D eigenvalue weighted by Gasteiger charge is -2.18. The number of unbranched alkanes of at least 4 members (excludes halogenated alkanes) is 23. The van der Waals surface area contributed by atoms with Crippen LogP contribution in [-0.4, -0.2) is 37.2 Å². The van der Waals surface area contributed by atoms with Crippen molar-refractivity contribution < 1.29 is 28.6 Å². The lowest BCUT2D eigenvalue weighted by molar-refractivity contribution is -0.166. The molecule has 6 heteroatoms. The SMILES string of the molecule is CCC=CCC=CCC=CCC=CCC=CCC=CCCC(=O)OCC(COC(=O)CCCCCCCC=CCCCCCCCC)OC(=O)CCCCCCCCCCCCCCC. The first-order valence-corrected chi connectivity index (χ1v) is 27.1. The molecular weight excluding hydrogens is 805 g/mol. The van der Waals surface area contributed by atoms with E-state index in [2.05, 4.69) is 99.8 Å². The van der Waals surface area contributed by atoms with Crippen LogP contribution in [0.5, 0.6) is 0 Å². The highest BCUT2D eigenvalue weighted by Crippen LogP contribution is 2.15. The average Bonchev–Trinajstić information content (AvgIpc) is 3.30. The number of allylic oxidation sites excluding steroid dienone is 14. The highest BCUT2D eigenvalue weighted by atomic mass is 16.6. The number of ether oxygens (including phenoxy) is 3. The van der Waals surface area contributed by atoms with Gasteiger partial charge in [0.15, 0.2) is 6.10 Å². The monoisotopic (exact) mass is 905 g/mol. The summed E-state index contributed by atoms with van der Waals surface area (Å²) < 4.78 is 16.7. The van der Waals surface area contributed by atoms with E-state index in [1.165, 1.54) is 122 Å². The van der Waals surface area contributed by atoms with Gasteiger partial charge in [-0.2, -0.15) is 0 Å². The van der Waals surface area contributed by atoms with Gasteiger partial charge in [0, 0.05) is 19.3 Å². The van der Waals surface area contributed by atoms with Crippen molar-refractivity contribution in [1.82, 2.24) is 0 Å². The Balaban J connectivity index is 4.49. The molecule has 0 saturated carbocycles. The van der Waals surface area contributed by atoms with Gasteiger partial charge in [0.05, 0.1) is 0 Å². The van der Waals surface area contributed by atoms with Gasteiger partial charge in [0.1, 0.15) is 13.2 Å². The minimum atomic E-state index is -0.808. The van der Waals surface area contributed by atoms with E-state index >= 15 is 0 Å². The summed E-state index contributed by atoms with van der Waals surface area (Å²) in [5.41, 5.74) is 0. The van der Waals surface area contributed by atoms with Crippen LogP contribution < -0.4 is 0 Å². The van der Waals surface area contributed by atoms with Crippen LogP contribution in [0.4, 0.5) is 0 Å². The molecule has 0 heterocycles. The summed E-state index contributed by atoms with van der Waals surface area (Å²) >= 11 is 0. The van der Waals surface area contributed by atoms with Crippen molar-refractivity contribution >= 4 is 17.9 Å². The quantitative estimate of drug-likeness (QED) is 0.0262. The van der Waals surface area contributed by atoms with Crippen molar-refractivity contribution in [3.8, 4) is 0 Å². The molecule has 0 aromatic carbocycles. The fourth-order valence-corrected chi connectivity index (χ4v) is 7.35. The van der Waals surface area contributed by atoms with Gasteiger partial charge in [-0.25, -0.2) is 0 Å². The first-order chi connectivity index (χ1) is 32.0. The predicted molar refractivity (Wildman–Crippen MR) is 279 cm³/mol. The molecule has 1 unspecified atom stereocenters. The minimum absolute atomic E-state index is 0.102. The third-order valence-corrected chi connectivity index (χ3v) is 11.4. The molecule has 0 aliphatic rings. The van der Waals surface area contributed by atoms with Crippen LogP contribution in [0.3, 0.4) is 0 Å². The number of hydrogen-bond donors (Lipinski definition) is 0. The first kappa shape index (κ1) is 61.6. The summed E-state index contributed by atoms with van der Waals surface area (Å²) in [4.78, 5) is 38.0. The Labute approximate surface area is 401 Å². The van der Waals surface area contributed by atoms with Gasteiger partial charge in [0.25, 0.3) is 0 Å². The molecule has 372 valence electrons. The predicted octanol–water partition coefficient (Wildman–Crippen LogP) is 18.0. The lowest BCUT2D eigenvalue weighted by Crippen LogP contribution is -2.30. The van der Waals surface area contributed by atoms with Gasteiger partial charge < -0.3 is 14.2 Å². The molecule has 1 atom stereocenters. The summed E-state index contributed by atoms with van der Waals surface area (Å²) in [7, 11) is 0. The highest BCUT2D eigenvalue weighted by molar-refractivity contribution is 5.71. The second-order valence-electron chi connectivity index (χ2n) is 17.8. The molecule has 0 N–H and O–H groups in total. The minimum Gasteiger partial charge on any atom is -0.462 e. The second-order valence-corrected chi connectivity index (χ2v) is 17.8. The average molecular weight is 905 g/mol. The summed E-state index contributed by atoms with van der Waals surface area (Å²) in [5, 5.41) is 0. The number of hydrogen-bond acceptors (Lipinski definition) is 6. The Morgan fingerprint density at radius 1 is 0.323 bits per heavy atom. The molecule has 6 nitrogen and oxygen atoms in total. The van der Waals surface area contributed by atoms with Crippen LogP contribution in [0.25, 0.3) is 0 Å². The van der Waals surface area contributed by atoms with Crippen LogP contribution in [0, 0.1) is 0 Å². The largest absolute Gasteiger partial charge is 0.462 e. The molecule has 0 amide bonds. The molecule has 0 saturated heterocycles. The zero-order valence-electron chi connectivity index (χ0n) is 42.5. The third kappa shape index (κ3) is 51.4. The lowest BCUT2D eigenvalue weighted by atomic mass is 10.0. The first-order valence-electron chi connectivity index (χ1n) is 27.1. The van der Waals surface area contributed by atoms with Gasteiger partial charge in [-0.1, -0.05) is 234 Å². The normalized spacial score (nSPS) is 12.7. The molecule has 0 aromatic heterocycles. The second kappa shape index (κ2) is 53.2. The molecular formula is C59H100O6. The zero-order valence-corrected chi connectivity index (χ0v) is 42.5. The van der Waals surface area contributed by atoms with Crippen molar-refractivity contribution in [2.45, 2.75) is 258 Å². The van der Waals surface area contributed by atoms with Crippen molar-refractivity contribution in [3.05, 3.63) is 85.1 Å². The Morgan fingerprint density at radius 3 is 1.03 bits per heavy atom. The van der Waals surface area contributed by atoms with Crippen molar-refractivity contribution in [2.24, 2.45) is 0 Å². The Hall–Kier alpha value is -3.41. The summed E-state index contributed by atoms with van der Waals surface area (Å²) in [6.07, 6.45) is 68.6. The van der Waals surface area contributed by atoms with Gasteiger partial charge >= 0.3 is 17.9 Å². The Morgan fingerprint density at radius 2 is 0.631 bits per heavy atom. The fraction of sp³-hybridized carbons (Fsp3) is 0.712. The van der Waals surface area contributed by atoms with Crippen LogP contribution >= 0.6 is 0 Å². The number of rotatable bonds is 48. The van der Waals surface area contributed by atoms with Gasteiger partial charge in [-0.3, -0.25) is 14.4 Å². The smallest absolute Gasteiger partial charge is 0.306 e. The summed E-state index contributed by atoms with van der Waals surface area (Å²) in [6, 6.07) is 0. The maximum Gasteiger partial charge on any atom is 0.306 e. The van der Waals surface area contributed by atoms with Gasteiger partial charge in [0.2, 0.25) is 0 Å². The van der Waals surface area contributed by atoms with Gasteiger partial charge in [-0.15, -0.1) is 0 Å². The molecule has 0 radical (unpaired) electrons. The molecule has 0 fully saturated rings. The maximum atomic E-state index is 12.8. The molecule has 0 aromatic rings. The fourth-order valence-electron chi connectivity index (χ4n) is 7.35. The van der Waals surface area contributed by atoms with E-state index in [4.69, 9.17) is 14.2 Å². The van der Waals surface area contributed by atoms with Crippen LogP contribution in [0.1, 0.15) is 252 Å². The molecule has 0 bridgehead atoms. The van der Waals surface area contributed by atoms with E-state index in [1.807, 2.05) is 6.08 Å². The third-order valence-electron chi connectivity index (χ3n) is 11.4. The van der Waals surface area contributed by atoms with E-state index in [1.54, 1.807) is 0 Å². The molecule has 0 rings (SSSR count). The molecule has 0 spiro atoms. The molecule has 65 heavy (non-hydrogen) atoms. The van der Waals surface area contributed by atoms with Gasteiger partial charge in [-0.05, 0) is 83.5 Å². The van der Waals surface area contributed by atoms with E-state index < -0.39 is 6.10 Å². The van der Waals surface area contributed by atoms with Crippen molar-refractivity contribution in [2.75, 3.05) is 13.2 Å². The highest BCUT2D eigenvalue weighted by Gasteiger charge is 2.19. The maximum absolute atomic E-state index is 12.8. The van der Waals surface area contributed by atoms with Crippen molar-refractivity contribution in [1.29, 1.82) is 0 Å². The van der Waals surface area contributed by atoms with Crippen LogP contribution in [-0.2, 0) is 28.6 Å². The standard InChI is InChI=1S/C59H100O6/c1-4-7-10-13-16-19-22-25-27-28-29-30-32-35-37-40-43-46-49-52-58(61)64-55-56(65-59(62)53-50-47-44-41-38-33-24-21-18-15-12-9-6-3)54-63-57(60)51-48-45-42-39-36-34-31-26-23-20-17-14-11-8-5-2/h7,10,16,19,25-27,29-31,35,37,43,46,56H,4-6,8-9,11-15,17-18,20-24,28,32-34,36,38-42,44-45,47-55H2,1-3H3. The Kier molecular flexibility index (Phi) is 50.4. The van der Waals surface area contributed by atoms with E-state index in [0.29, 0.717) is 19.3 Å². The summed E-state index contributed by atoms with van der Waals surface area (Å²) in [6.45, 7) is 6.45. The van der Waals surface area contributed by atoms with E-state index in [9.17, 15) is 14.4 Å². The van der Waals surface area contributed by atoms with E-state index in [0.717, 1.165) is 83.5 Å². The molecule has 0 aliphatic carbocycles. The number of carbonyl (C=O) groups is 3. The van der Waals surface area contributed by atoms with Crippen LogP contribution in [0.15, 0.2) is 85.1 Å². The molecule has 0 aliphatic heterocycles. The Bertz CT molecular complexity index is 1270.